The Hall–Kier alpha value is -3.44. The van der Waals surface area contributed by atoms with Gasteiger partial charge in [-0.2, -0.15) is 13.2 Å². The van der Waals surface area contributed by atoms with Gasteiger partial charge in [-0.25, -0.2) is 4.98 Å². The molecule has 2 aromatic carbocycles. The molecule has 0 spiro atoms. The van der Waals surface area contributed by atoms with E-state index in [0.717, 1.165) is 12.1 Å². The van der Waals surface area contributed by atoms with Gasteiger partial charge in [-0.1, -0.05) is 37.3 Å². The predicted octanol–water partition coefficient (Wildman–Crippen LogP) is 4.96. The molecule has 0 saturated carbocycles. The first-order chi connectivity index (χ1) is 15.7. The molecule has 2 heterocycles. The van der Waals surface area contributed by atoms with Gasteiger partial charge in [-0.15, -0.1) is 0 Å². The minimum atomic E-state index is -4.73. The highest BCUT2D eigenvalue weighted by Gasteiger charge is 2.53. The SMILES string of the molecule is CCC1(Oc2ccc(C(F)(F)F)cc2[N+](=O)[O-])COC(Cc2ncc[nH]2)(c2ccccc2)O1. The van der Waals surface area contributed by atoms with Crippen LogP contribution in [0, 0.1) is 10.1 Å². The smallest absolute Gasteiger partial charge is 0.416 e. The summed E-state index contributed by atoms with van der Waals surface area (Å²) in [6, 6.07) is 11.1. The van der Waals surface area contributed by atoms with Crippen LogP contribution in [0.2, 0.25) is 0 Å². The predicted molar refractivity (Wildman–Crippen MR) is 109 cm³/mol. The van der Waals surface area contributed by atoms with Crippen LogP contribution in [0.5, 0.6) is 5.75 Å². The summed E-state index contributed by atoms with van der Waals surface area (Å²) in [5, 5.41) is 11.5. The Balaban J connectivity index is 1.70. The number of nitrogens with zero attached hydrogens (tertiary/aromatic N) is 2. The summed E-state index contributed by atoms with van der Waals surface area (Å²) in [5.74, 6) is -2.57. The van der Waals surface area contributed by atoms with Gasteiger partial charge in [-0.05, 0) is 12.1 Å². The summed E-state index contributed by atoms with van der Waals surface area (Å²) in [4.78, 5) is 17.8. The average Bonchev–Trinajstić information content (AvgIpc) is 3.43. The third-order valence-electron chi connectivity index (χ3n) is 5.36. The van der Waals surface area contributed by atoms with Crippen LogP contribution in [0.3, 0.4) is 0 Å². The first-order valence-electron chi connectivity index (χ1n) is 10.1. The van der Waals surface area contributed by atoms with E-state index in [-0.39, 0.29) is 25.2 Å². The largest absolute Gasteiger partial charge is 0.453 e. The first-order valence-corrected chi connectivity index (χ1v) is 10.1. The van der Waals surface area contributed by atoms with Crippen molar-refractivity contribution in [2.45, 2.75) is 37.5 Å². The maximum atomic E-state index is 13.1. The number of hydrogen-bond donors (Lipinski definition) is 1. The Morgan fingerprint density at radius 1 is 1.24 bits per heavy atom. The van der Waals surface area contributed by atoms with E-state index >= 15 is 0 Å². The van der Waals surface area contributed by atoms with Crippen molar-refractivity contribution in [3.63, 3.8) is 0 Å². The third-order valence-corrected chi connectivity index (χ3v) is 5.36. The number of nitro benzene ring substituents is 1. The van der Waals surface area contributed by atoms with Crippen molar-refractivity contribution in [2.75, 3.05) is 6.61 Å². The van der Waals surface area contributed by atoms with Gasteiger partial charge in [0.2, 0.25) is 17.3 Å². The van der Waals surface area contributed by atoms with Gasteiger partial charge >= 0.3 is 11.9 Å². The Morgan fingerprint density at radius 3 is 2.61 bits per heavy atom. The van der Waals surface area contributed by atoms with Gasteiger partial charge in [0.1, 0.15) is 12.4 Å². The summed E-state index contributed by atoms with van der Waals surface area (Å²) in [5.41, 5.74) is -1.29. The molecule has 8 nitrogen and oxygen atoms in total. The monoisotopic (exact) mass is 463 g/mol. The van der Waals surface area contributed by atoms with E-state index in [1.54, 1.807) is 43.6 Å². The fraction of sp³-hybridized carbons (Fsp3) is 0.318. The summed E-state index contributed by atoms with van der Waals surface area (Å²) in [7, 11) is 0. The highest BCUT2D eigenvalue weighted by atomic mass is 19.4. The molecule has 3 aromatic rings. The fourth-order valence-electron chi connectivity index (χ4n) is 3.64. The Labute approximate surface area is 186 Å². The molecule has 2 unspecified atom stereocenters. The molecular weight excluding hydrogens is 443 g/mol. The molecular formula is C22H20F3N3O5. The van der Waals surface area contributed by atoms with E-state index < -0.39 is 33.9 Å². The molecule has 11 heteroatoms. The number of aromatic nitrogens is 2. The number of ether oxygens (including phenoxy) is 3. The lowest BCUT2D eigenvalue weighted by Gasteiger charge is -2.32. The molecule has 1 saturated heterocycles. The highest BCUT2D eigenvalue weighted by molar-refractivity contribution is 5.49. The van der Waals surface area contributed by atoms with Gasteiger partial charge in [-0.3, -0.25) is 10.1 Å². The molecule has 1 N–H and O–H groups in total. The van der Waals surface area contributed by atoms with E-state index in [0.29, 0.717) is 17.5 Å². The molecule has 1 fully saturated rings. The second kappa shape index (κ2) is 8.49. The Morgan fingerprint density at radius 2 is 2.00 bits per heavy atom. The first kappa shape index (κ1) is 22.7. The lowest BCUT2D eigenvalue weighted by Crippen LogP contribution is -2.41. The number of halogens is 3. The molecule has 0 radical (unpaired) electrons. The maximum absolute atomic E-state index is 13.1. The molecule has 0 aliphatic carbocycles. The van der Waals surface area contributed by atoms with Crippen LogP contribution >= 0.6 is 0 Å². The summed E-state index contributed by atoms with van der Waals surface area (Å²) >= 11 is 0. The molecule has 33 heavy (non-hydrogen) atoms. The zero-order valence-electron chi connectivity index (χ0n) is 17.5. The van der Waals surface area contributed by atoms with Crippen LogP contribution in [0.1, 0.15) is 30.3 Å². The number of nitro groups is 1. The number of imidazole rings is 1. The van der Waals surface area contributed by atoms with Crippen LogP contribution in [0.4, 0.5) is 18.9 Å². The van der Waals surface area contributed by atoms with Crippen molar-refractivity contribution in [1.82, 2.24) is 9.97 Å². The standard InChI is InChI=1S/C22H20F3N3O5/c1-2-20(32-18-9-8-16(22(23,24)25)12-17(18)28(29)30)14-31-21(33-20,13-19-26-10-11-27-19)15-6-4-3-5-7-15/h3-12H,2,13-14H2,1H3,(H,26,27). The van der Waals surface area contributed by atoms with Gasteiger partial charge < -0.3 is 19.2 Å². The molecule has 1 aliphatic rings. The number of hydrogen-bond acceptors (Lipinski definition) is 6. The number of aromatic amines is 1. The molecule has 174 valence electrons. The van der Waals surface area contributed by atoms with Crippen molar-refractivity contribution in [3.05, 3.63) is 88.0 Å². The van der Waals surface area contributed by atoms with Gasteiger partial charge in [0.15, 0.2) is 0 Å². The van der Waals surface area contributed by atoms with Crippen molar-refractivity contribution < 1.29 is 32.3 Å². The highest BCUT2D eigenvalue weighted by Crippen LogP contribution is 2.45. The molecule has 1 aromatic heterocycles. The number of H-pyrrole nitrogens is 1. The van der Waals surface area contributed by atoms with E-state index in [1.165, 1.54) is 0 Å². The van der Waals surface area contributed by atoms with E-state index in [1.807, 2.05) is 6.07 Å². The van der Waals surface area contributed by atoms with Crippen LogP contribution in [-0.2, 0) is 27.9 Å². The van der Waals surface area contributed by atoms with Gasteiger partial charge in [0.05, 0.1) is 16.9 Å². The topological polar surface area (TPSA) is 99.5 Å². The van der Waals surface area contributed by atoms with Crippen molar-refractivity contribution in [3.8, 4) is 5.75 Å². The summed E-state index contributed by atoms with van der Waals surface area (Å²) < 4.78 is 57.5. The minimum Gasteiger partial charge on any atom is -0.453 e. The zero-order chi connectivity index (χ0) is 23.7. The molecule has 2 atom stereocenters. The van der Waals surface area contributed by atoms with Crippen LogP contribution in [0.25, 0.3) is 0 Å². The third kappa shape index (κ3) is 4.55. The normalized spacial score (nSPS) is 22.9. The number of rotatable bonds is 7. The van der Waals surface area contributed by atoms with E-state index in [2.05, 4.69) is 9.97 Å². The van der Waals surface area contributed by atoms with Crippen molar-refractivity contribution in [2.24, 2.45) is 0 Å². The Bertz CT molecular complexity index is 1120. The number of alkyl halides is 3. The molecule has 1 aliphatic heterocycles. The van der Waals surface area contributed by atoms with Crippen molar-refractivity contribution >= 4 is 5.69 Å². The molecule has 4 rings (SSSR count). The summed E-state index contributed by atoms with van der Waals surface area (Å²) in [6.07, 6.45) is -1.11. The van der Waals surface area contributed by atoms with Crippen LogP contribution in [0.15, 0.2) is 60.9 Å². The van der Waals surface area contributed by atoms with Crippen LogP contribution < -0.4 is 4.74 Å². The van der Waals surface area contributed by atoms with E-state index in [4.69, 9.17) is 14.2 Å². The van der Waals surface area contributed by atoms with Gasteiger partial charge in [0, 0.05) is 30.4 Å². The quantitative estimate of drug-likeness (QED) is 0.393. The van der Waals surface area contributed by atoms with Crippen molar-refractivity contribution in [1.29, 1.82) is 0 Å². The van der Waals surface area contributed by atoms with E-state index in [9.17, 15) is 23.3 Å². The zero-order valence-corrected chi connectivity index (χ0v) is 17.5. The van der Waals surface area contributed by atoms with Crippen LogP contribution in [-0.4, -0.2) is 27.3 Å². The fourth-order valence-corrected chi connectivity index (χ4v) is 3.64. The maximum Gasteiger partial charge on any atom is 0.416 e. The number of benzene rings is 2. The second-order valence-corrected chi connectivity index (χ2v) is 7.53. The minimum absolute atomic E-state index is 0.114. The lowest BCUT2D eigenvalue weighted by molar-refractivity contribution is -0.387. The summed E-state index contributed by atoms with van der Waals surface area (Å²) in [6.45, 7) is 1.62. The second-order valence-electron chi connectivity index (χ2n) is 7.53. The Kier molecular flexibility index (Phi) is 5.85. The molecule has 0 amide bonds. The molecule has 0 bridgehead atoms. The lowest BCUT2D eigenvalue weighted by atomic mass is 10.0. The number of nitrogens with one attached hydrogen (secondary N) is 1. The van der Waals surface area contributed by atoms with Gasteiger partial charge in [0.25, 0.3) is 0 Å². The average molecular weight is 463 g/mol.